The van der Waals surface area contributed by atoms with E-state index in [0.29, 0.717) is 25.1 Å². The van der Waals surface area contributed by atoms with Crippen LogP contribution in [0.4, 0.5) is 8.78 Å². The van der Waals surface area contributed by atoms with Crippen molar-refractivity contribution < 1.29 is 8.78 Å². The second kappa shape index (κ2) is 5.36. The van der Waals surface area contributed by atoms with Gasteiger partial charge in [-0.25, -0.2) is 8.78 Å². The van der Waals surface area contributed by atoms with E-state index in [4.69, 9.17) is 6.42 Å². The Kier molecular flexibility index (Phi) is 4.09. The molecule has 74 valence electrons. The Morgan fingerprint density at radius 3 is 2.43 bits per heavy atom. The van der Waals surface area contributed by atoms with Crippen molar-refractivity contribution >= 4 is 0 Å². The third-order valence-electron chi connectivity index (χ3n) is 1.70. The molecule has 1 aromatic carbocycles. The average Bonchev–Trinajstić information content (AvgIpc) is 2.11. The molecule has 0 aliphatic rings. The standard InChI is InChI=1S/C11H11F2N/c1-2-3-4-14-8-9-5-10(12)7-11(13)6-9/h1,5-7,14H,3-4,8H2. The highest BCUT2D eigenvalue weighted by atomic mass is 19.1. The predicted octanol–water partition coefficient (Wildman–Crippen LogP) is 2.08. The van der Waals surface area contributed by atoms with Gasteiger partial charge in [0.25, 0.3) is 0 Å². The van der Waals surface area contributed by atoms with Crippen LogP contribution in [-0.2, 0) is 6.54 Å². The predicted molar refractivity (Wildman–Crippen MR) is 51.5 cm³/mol. The number of terminal acetylenes is 1. The third kappa shape index (κ3) is 3.55. The Balaban J connectivity index is 2.47. The number of benzene rings is 1. The van der Waals surface area contributed by atoms with E-state index >= 15 is 0 Å². The van der Waals surface area contributed by atoms with Crippen LogP contribution in [0.25, 0.3) is 0 Å². The lowest BCUT2D eigenvalue weighted by atomic mass is 10.2. The molecule has 0 fully saturated rings. The van der Waals surface area contributed by atoms with E-state index in [9.17, 15) is 8.78 Å². The SMILES string of the molecule is C#CCCNCc1cc(F)cc(F)c1. The van der Waals surface area contributed by atoms with Crippen molar-refractivity contribution in [1.29, 1.82) is 0 Å². The summed E-state index contributed by atoms with van der Waals surface area (Å²) in [7, 11) is 0. The molecule has 0 saturated heterocycles. The molecular formula is C11H11F2N. The number of nitrogens with one attached hydrogen (secondary N) is 1. The molecule has 0 spiro atoms. The highest BCUT2D eigenvalue weighted by Gasteiger charge is 1.99. The fraction of sp³-hybridized carbons (Fsp3) is 0.273. The van der Waals surface area contributed by atoms with Gasteiger partial charge in [0.05, 0.1) is 0 Å². The normalized spacial score (nSPS) is 9.79. The molecule has 14 heavy (non-hydrogen) atoms. The highest BCUT2D eigenvalue weighted by Crippen LogP contribution is 2.07. The third-order valence-corrected chi connectivity index (χ3v) is 1.70. The van der Waals surface area contributed by atoms with Gasteiger partial charge in [-0.2, -0.15) is 0 Å². The van der Waals surface area contributed by atoms with E-state index in [0.717, 1.165) is 6.07 Å². The number of hydrogen-bond acceptors (Lipinski definition) is 1. The molecular weight excluding hydrogens is 184 g/mol. The first-order valence-corrected chi connectivity index (χ1v) is 4.31. The van der Waals surface area contributed by atoms with Crippen molar-refractivity contribution in [3.8, 4) is 12.3 Å². The van der Waals surface area contributed by atoms with E-state index in [1.807, 2.05) is 0 Å². The summed E-state index contributed by atoms with van der Waals surface area (Å²) in [6, 6.07) is 3.45. The molecule has 1 aromatic rings. The van der Waals surface area contributed by atoms with Gasteiger partial charge < -0.3 is 5.32 Å². The van der Waals surface area contributed by atoms with Crippen molar-refractivity contribution in [3.05, 3.63) is 35.4 Å². The van der Waals surface area contributed by atoms with Gasteiger partial charge in [0.15, 0.2) is 0 Å². The lowest BCUT2D eigenvalue weighted by molar-refractivity contribution is 0.575. The fourth-order valence-electron chi connectivity index (χ4n) is 1.11. The first-order chi connectivity index (χ1) is 6.72. The topological polar surface area (TPSA) is 12.0 Å². The number of halogens is 2. The summed E-state index contributed by atoms with van der Waals surface area (Å²) in [5.74, 6) is 1.35. The largest absolute Gasteiger partial charge is 0.312 e. The minimum atomic E-state index is -0.557. The van der Waals surface area contributed by atoms with Gasteiger partial charge >= 0.3 is 0 Å². The van der Waals surface area contributed by atoms with Gasteiger partial charge in [0.2, 0.25) is 0 Å². The Morgan fingerprint density at radius 2 is 1.86 bits per heavy atom. The Morgan fingerprint density at radius 1 is 1.21 bits per heavy atom. The summed E-state index contributed by atoms with van der Waals surface area (Å²) < 4.78 is 25.4. The zero-order valence-corrected chi connectivity index (χ0v) is 7.69. The molecule has 1 N–H and O–H groups in total. The molecule has 0 aliphatic heterocycles. The maximum absolute atomic E-state index is 12.7. The van der Waals surface area contributed by atoms with E-state index in [1.54, 1.807) is 0 Å². The van der Waals surface area contributed by atoms with Crippen molar-refractivity contribution in [3.63, 3.8) is 0 Å². The summed E-state index contributed by atoms with van der Waals surface area (Å²) in [5, 5.41) is 2.98. The van der Waals surface area contributed by atoms with Gasteiger partial charge in [0.1, 0.15) is 11.6 Å². The van der Waals surface area contributed by atoms with Crippen LogP contribution in [0.1, 0.15) is 12.0 Å². The Hall–Kier alpha value is -1.40. The summed E-state index contributed by atoms with van der Waals surface area (Å²) in [4.78, 5) is 0. The molecule has 0 heterocycles. The van der Waals surface area contributed by atoms with Crippen LogP contribution >= 0.6 is 0 Å². The summed E-state index contributed by atoms with van der Waals surface area (Å²) >= 11 is 0. The first-order valence-electron chi connectivity index (χ1n) is 4.31. The van der Waals surface area contributed by atoms with Crippen molar-refractivity contribution in [2.45, 2.75) is 13.0 Å². The summed E-state index contributed by atoms with van der Waals surface area (Å²) in [6.07, 6.45) is 5.66. The second-order valence-electron chi connectivity index (χ2n) is 2.91. The molecule has 0 bridgehead atoms. The van der Waals surface area contributed by atoms with Gasteiger partial charge in [-0.05, 0) is 17.7 Å². The maximum Gasteiger partial charge on any atom is 0.126 e. The van der Waals surface area contributed by atoms with E-state index in [2.05, 4.69) is 11.2 Å². The van der Waals surface area contributed by atoms with Crippen molar-refractivity contribution in [2.75, 3.05) is 6.54 Å². The monoisotopic (exact) mass is 195 g/mol. The number of rotatable bonds is 4. The molecule has 0 radical (unpaired) electrons. The molecule has 0 aromatic heterocycles. The zero-order chi connectivity index (χ0) is 10.4. The van der Waals surface area contributed by atoms with Crippen LogP contribution in [0.3, 0.4) is 0 Å². The molecule has 0 aliphatic carbocycles. The lowest BCUT2D eigenvalue weighted by Crippen LogP contribution is -2.14. The van der Waals surface area contributed by atoms with Gasteiger partial charge in [0, 0.05) is 25.6 Å². The number of hydrogen-bond donors (Lipinski definition) is 1. The lowest BCUT2D eigenvalue weighted by Gasteiger charge is -2.03. The summed E-state index contributed by atoms with van der Waals surface area (Å²) in [6.45, 7) is 1.07. The quantitative estimate of drug-likeness (QED) is 0.573. The minimum absolute atomic E-state index is 0.427. The van der Waals surface area contributed by atoms with Crippen LogP contribution in [0.15, 0.2) is 18.2 Å². The van der Waals surface area contributed by atoms with Gasteiger partial charge in [-0.1, -0.05) is 0 Å². The van der Waals surface area contributed by atoms with Crippen molar-refractivity contribution in [1.82, 2.24) is 5.32 Å². The molecule has 0 amide bonds. The first kappa shape index (κ1) is 10.7. The average molecular weight is 195 g/mol. The highest BCUT2D eigenvalue weighted by molar-refractivity contribution is 5.17. The van der Waals surface area contributed by atoms with Crippen LogP contribution in [0.5, 0.6) is 0 Å². The van der Waals surface area contributed by atoms with Crippen LogP contribution in [0, 0.1) is 24.0 Å². The van der Waals surface area contributed by atoms with Crippen LogP contribution < -0.4 is 5.32 Å². The Bertz CT molecular complexity index is 321. The molecule has 1 rings (SSSR count). The summed E-state index contributed by atoms with van der Waals surface area (Å²) in [5.41, 5.74) is 0.583. The molecule has 0 unspecified atom stereocenters. The van der Waals surface area contributed by atoms with Crippen LogP contribution in [0.2, 0.25) is 0 Å². The van der Waals surface area contributed by atoms with E-state index in [1.165, 1.54) is 12.1 Å². The minimum Gasteiger partial charge on any atom is -0.312 e. The zero-order valence-electron chi connectivity index (χ0n) is 7.69. The second-order valence-corrected chi connectivity index (χ2v) is 2.91. The van der Waals surface area contributed by atoms with Crippen LogP contribution in [-0.4, -0.2) is 6.54 Å². The molecule has 3 heteroatoms. The van der Waals surface area contributed by atoms with E-state index < -0.39 is 11.6 Å². The van der Waals surface area contributed by atoms with E-state index in [-0.39, 0.29) is 0 Å². The Labute approximate surface area is 82.1 Å². The maximum atomic E-state index is 12.7. The smallest absolute Gasteiger partial charge is 0.126 e. The van der Waals surface area contributed by atoms with Crippen molar-refractivity contribution in [2.24, 2.45) is 0 Å². The van der Waals surface area contributed by atoms with Gasteiger partial charge in [-0.15, -0.1) is 12.3 Å². The fourth-order valence-corrected chi connectivity index (χ4v) is 1.11. The molecule has 1 nitrogen and oxygen atoms in total. The molecule has 0 atom stereocenters. The molecule has 0 saturated carbocycles. The van der Waals surface area contributed by atoms with Gasteiger partial charge in [-0.3, -0.25) is 0 Å².